The van der Waals surface area contributed by atoms with Crippen LogP contribution >= 0.6 is 0 Å². The molecule has 1 heterocycles. The summed E-state index contributed by atoms with van der Waals surface area (Å²) in [4.78, 5) is 17.8. The molecule has 98 valence electrons. The highest BCUT2D eigenvalue weighted by Gasteiger charge is 2.22. The van der Waals surface area contributed by atoms with E-state index < -0.39 is 11.7 Å². The van der Waals surface area contributed by atoms with Crippen LogP contribution in [0.3, 0.4) is 0 Å². The first kappa shape index (κ1) is 12.9. The molecule has 1 unspecified atom stereocenters. The number of ether oxygens (including phenoxy) is 1. The molecule has 19 heavy (non-hydrogen) atoms. The summed E-state index contributed by atoms with van der Waals surface area (Å²) < 4.78 is 18.5. The maximum atomic E-state index is 13.8. The lowest BCUT2D eigenvalue weighted by molar-refractivity contribution is -0.129. The minimum Gasteiger partial charge on any atom is -0.493 e. The number of hydrogen-bond donors (Lipinski definition) is 1. The predicted octanol–water partition coefficient (Wildman–Crippen LogP) is 1.63. The second kappa shape index (κ2) is 5.90. The van der Waals surface area contributed by atoms with Crippen LogP contribution in [0.1, 0.15) is 17.0 Å². The highest BCUT2D eigenvalue weighted by molar-refractivity contribution is 5.40. The van der Waals surface area contributed by atoms with E-state index in [0.717, 1.165) is 0 Å². The van der Waals surface area contributed by atoms with E-state index in [-0.39, 0.29) is 19.0 Å². The summed E-state index contributed by atoms with van der Waals surface area (Å²) >= 11 is 0. The molecule has 0 aliphatic rings. The summed E-state index contributed by atoms with van der Waals surface area (Å²) in [6.45, 7) is 0.167. The molecule has 1 N–H and O–H groups in total. The molecule has 0 radical (unpaired) electrons. The van der Waals surface area contributed by atoms with Crippen LogP contribution < -0.4 is 0 Å². The first-order chi connectivity index (χ1) is 9.24. The van der Waals surface area contributed by atoms with Crippen LogP contribution in [0.15, 0.2) is 36.8 Å². The normalized spacial score (nSPS) is 11.8. The van der Waals surface area contributed by atoms with Gasteiger partial charge in [0.2, 0.25) is 5.88 Å². The molecule has 2 rings (SSSR count). The molecule has 5 nitrogen and oxygen atoms in total. The maximum Gasteiger partial charge on any atom is 0.293 e. The zero-order valence-corrected chi connectivity index (χ0v) is 9.86. The van der Waals surface area contributed by atoms with Gasteiger partial charge in [-0.3, -0.25) is 4.79 Å². The largest absolute Gasteiger partial charge is 0.493 e. The second-order valence-electron chi connectivity index (χ2n) is 3.81. The summed E-state index contributed by atoms with van der Waals surface area (Å²) in [6.07, 6.45) is 2.55. The first-order valence-corrected chi connectivity index (χ1v) is 5.52. The highest BCUT2D eigenvalue weighted by Crippen LogP contribution is 2.30. The van der Waals surface area contributed by atoms with Gasteiger partial charge >= 0.3 is 0 Å². The standard InChI is InChI=1S/C13H11FN2O3/c14-12-4-2-1-3-9(12)11(6-19-8-17)10-5-15-7-16-13(10)18/h1-5,7-8,11H,6H2,(H,15,16,18). The molecule has 0 saturated heterocycles. The number of carbonyl (C=O) groups is 1. The Hall–Kier alpha value is -2.50. The molecular weight excluding hydrogens is 251 g/mol. The number of benzene rings is 1. The number of rotatable bonds is 5. The Kier molecular flexibility index (Phi) is 4.02. The van der Waals surface area contributed by atoms with Gasteiger partial charge in [0.05, 0.1) is 5.92 Å². The van der Waals surface area contributed by atoms with Gasteiger partial charge in [0.15, 0.2) is 0 Å². The molecule has 0 fully saturated rings. The number of nitrogens with zero attached hydrogens (tertiary/aromatic N) is 2. The molecular formula is C13H11FN2O3. The number of aromatic hydroxyl groups is 1. The van der Waals surface area contributed by atoms with Gasteiger partial charge in [0.1, 0.15) is 18.8 Å². The van der Waals surface area contributed by atoms with E-state index in [9.17, 15) is 14.3 Å². The van der Waals surface area contributed by atoms with E-state index in [2.05, 4.69) is 9.97 Å². The van der Waals surface area contributed by atoms with Gasteiger partial charge in [0, 0.05) is 11.8 Å². The molecule has 0 aliphatic heterocycles. The average Bonchev–Trinajstić information content (AvgIpc) is 2.42. The van der Waals surface area contributed by atoms with Gasteiger partial charge in [-0.2, -0.15) is 0 Å². The Balaban J connectivity index is 2.45. The van der Waals surface area contributed by atoms with Gasteiger partial charge < -0.3 is 9.84 Å². The van der Waals surface area contributed by atoms with Crippen LogP contribution in [0, 0.1) is 5.82 Å². The van der Waals surface area contributed by atoms with Crippen molar-refractivity contribution >= 4 is 6.47 Å². The molecule has 0 amide bonds. The quantitative estimate of drug-likeness (QED) is 0.829. The smallest absolute Gasteiger partial charge is 0.293 e. The number of aromatic nitrogens is 2. The van der Waals surface area contributed by atoms with Crippen molar-refractivity contribution in [2.45, 2.75) is 5.92 Å². The van der Waals surface area contributed by atoms with Gasteiger partial charge in [0.25, 0.3) is 6.47 Å². The van der Waals surface area contributed by atoms with Crippen molar-refractivity contribution in [2.75, 3.05) is 6.61 Å². The molecule has 0 bridgehead atoms. The molecule has 1 aromatic carbocycles. The SMILES string of the molecule is O=COCC(c1ccccc1F)c1cncnc1O. The van der Waals surface area contributed by atoms with Crippen LogP contribution in [0.5, 0.6) is 5.88 Å². The highest BCUT2D eigenvalue weighted by atomic mass is 19.1. The second-order valence-corrected chi connectivity index (χ2v) is 3.81. The van der Waals surface area contributed by atoms with Crippen molar-refractivity contribution in [1.29, 1.82) is 0 Å². The fourth-order valence-corrected chi connectivity index (χ4v) is 1.82. The lowest BCUT2D eigenvalue weighted by atomic mass is 9.93. The van der Waals surface area contributed by atoms with E-state index in [1.165, 1.54) is 18.6 Å². The van der Waals surface area contributed by atoms with E-state index >= 15 is 0 Å². The van der Waals surface area contributed by atoms with E-state index in [1.54, 1.807) is 18.2 Å². The lowest BCUT2D eigenvalue weighted by Crippen LogP contribution is -2.12. The summed E-state index contributed by atoms with van der Waals surface area (Å²) in [5, 5.41) is 9.72. The Morgan fingerprint density at radius 3 is 2.84 bits per heavy atom. The van der Waals surface area contributed by atoms with Crippen molar-refractivity contribution in [2.24, 2.45) is 0 Å². The number of hydrogen-bond acceptors (Lipinski definition) is 5. The van der Waals surface area contributed by atoms with E-state index in [0.29, 0.717) is 11.1 Å². The zero-order chi connectivity index (χ0) is 13.7. The fraction of sp³-hybridized carbons (Fsp3) is 0.154. The Bertz CT molecular complexity index is 532. The van der Waals surface area contributed by atoms with E-state index in [4.69, 9.17) is 4.74 Å². The number of halogens is 1. The summed E-state index contributed by atoms with van der Waals surface area (Å²) in [6, 6.07) is 6.07. The van der Waals surface area contributed by atoms with Crippen molar-refractivity contribution in [1.82, 2.24) is 9.97 Å². The van der Waals surface area contributed by atoms with Gasteiger partial charge in [-0.15, -0.1) is 0 Å². The van der Waals surface area contributed by atoms with Crippen LogP contribution in [0.2, 0.25) is 0 Å². The van der Waals surface area contributed by atoms with Crippen molar-refractivity contribution in [3.05, 3.63) is 53.7 Å². The van der Waals surface area contributed by atoms with Crippen LogP contribution in [-0.2, 0) is 9.53 Å². The minimum absolute atomic E-state index is 0.106. The topological polar surface area (TPSA) is 72.3 Å². The zero-order valence-electron chi connectivity index (χ0n) is 9.86. The van der Waals surface area contributed by atoms with Crippen LogP contribution in [0.4, 0.5) is 4.39 Å². The maximum absolute atomic E-state index is 13.8. The fourth-order valence-electron chi connectivity index (χ4n) is 1.82. The van der Waals surface area contributed by atoms with Crippen LogP contribution in [-0.4, -0.2) is 28.2 Å². The Labute approximate surface area is 108 Å². The molecule has 2 aromatic rings. The van der Waals surface area contributed by atoms with Gasteiger partial charge in [-0.25, -0.2) is 14.4 Å². The summed E-state index contributed by atoms with van der Waals surface area (Å²) in [5.41, 5.74) is 0.601. The monoisotopic (exact) mass is 262 g/mol. The Morgan fingerprint density at radius 2 is 2.16 bits per heavy atom. The van der Waals surface area contributed by atoms with E-state index in [1.807, 2.05) is 0 Å². The molecule has 0 saturated carbocycles. The molecule has 0 aliphatic carbocycles. The Morgan fingerprint density at radius 1 is 1.37 bits per heavy atom. The molecule has 1 aromatic heterocycles. The third-order valence-electron chi connectivity index (χ3n) is 2.71. The van der Waals surface area contributed by atoms with Crippen molar-refractivity contribution < 1.29 is 19.0 Å². The third kappa shape index (κ3) is 2.85. The van der Waals surface area contributed by atoms with Gasteiger partial charge in [-0.1, -0.05) is 18.2 Å². The molecule has 6 heteroatoms. The first-order valence-electron chi connectivity index (χ1n) is 5.52. The molecule has 0 spiro atoms. The lowest BCUT2D eigenvalue weighted by Gasteiger charge is -2.17. The predicted molar refractivity (Wildman–Crippen MR) is 64.0 cm³/mol. The summed E-state index contributed by atoms with van der Waals surface area (Å²) in [7, 11) is 0. The minimum atomic E-state index is -0.660. The van der Waals surface area contributed by atoms with Crippen molar-refractivity contribution in [3.63, 3.8) is 0 Å². The van der Waals surface area contributed by atoms with Crippen molar-refractivity contribution in [3.8, 4) is 5.88 Å². The number of carbonyl (C=O) groups excluding carboxylic acids is 1. The third-order valence-corrected chi connectivity index (χ3v) is 2.71. The summed E-state index contributed by atoms with van der Waals surface area (Å²) in [5.74, 6) is -1.38. The molecule has 1 atom stereocenters. The van der Waals surface area contributed by atoms with Crippen LogP contribution in [0.25, 0.3) is 0 Å². The van der Waals surface area contributed by atoms with Gasteiger partial charge in [-0.05, 0) is 11.6 Å². The average molecular weight is 262 g/mol.